The number of amides is 1. The van der Waals surface area contributed by atoms with Gasteiger partial charge in [0, 0.05) is 28.9 Å². The van der Waals surface area contributed by atoms with Gasteiger partial charge < -0.3 is 40.5 Å². The summed E-state index contributed by atoms with van der Waals surface area (Å²) in [6, 6.07) is 7.80. The monoisotopic (exact) mass is 582 g/mol. The molecular formula is C24H28BrFN4O7. The van der Waals surface area contributed by atoms with Crippen LogP contribution in [0.15, 0.2) is 41.1 Å². The highest BCUT2D eigenvalue weighted by Crippen LogP contribution is 2.35. The zero-order valence-corrected chi connectivity index (χ0v) is 21.5. The number of aliphatic hydroxyl groups is 4. The minimum Gasteiger partial charge on any atom is -0.493 e. The van der Waals surface area contributed by atoms with Crippen molar-refractivity contribution in [1.82, 2.24) is 15.3 Å². The first-order valence-electron chi connectivity index (χ1n) is 11.3. The highest BCUT2D eigenvalue weighted by atomic mass is 79.9. The van der Waals surface area contributed by atoms with Crippen LogP contribution in [0, 0.1) is 5.82 Å². The Morgan fingerprint density at radius 1 is 1.11 bits per heavy atom. The van der Waals surface area contributed by atoms with E-state index in [0.29, 0.717) is 26.9 Å². The van der Waals surface area contributed by atoms with Gasteiger partial charge in [-0.15, -0.1) is 0 Å². The number of ether oxygens (including phenoxy) is 2. The molecule has 13 heteroatoms. The topological polar surface area (TPSA) is 166 Å². The summed E-state index contributed by atoms with van der Waals surface area (Å²) in [6.07, 6.45) is -2.46. The molecule has 1 aromatic heterocycles. The Labute approximate surface area is 220 Å². The first-order valence-corrected chi connectivity index (χ1v) is 12.1. The van der Waals surface area contributed by atoms with E-state index >= 15 is 0 Å². The molecule has 200 valence electrons. The molecule has 0 aliphatic heterocycles. The maximum Gasteiger partial charge on any atom is 0.222 e. The quantitative estimate of drug-likeness (QED) is 0.174. The number of nitrogens with zero attached hydrogens (tertiary/aromatic N) is 2. The van der Waals surface area contributed by atoms with Gasteiger partial charge in [0.1, 0.15) is 24.6 Å². The van der Waals surface area contributed by atoms with E-state index in [2.05, 4.69) is 36.5 Å². The zero-order valence-electron chi connectivity index (χ0n) is 19.9. The average molecular weight is 583 g/mol. The Morgan fingerprint density at radius 3 is 2.59 bits per heavy atom. The number of halogens is 2. The van der Waals surface area contributed by atoms with E-state index in [9.17, 15) is 24.5 Å². The highest BCUT2D eigenvalue weighted by molar-refractivity contribution is 9.10. The lowest BCUT2D eigenvalue weighted by atomic mass is 10.1. The fourth-order valence-corrected chi connectivity index (χ4v) is 3.72. The second kappa shape index (κ2) is 13.4. The second-order valence-corrected chi connectivity index (χ2v) is 9.11. The number of hydrogen-bond donors (Lipinski definition) is 6. The predicted molar refractivity (Wildman–Crippen MR) is 136 cm³/mol. The third-order valence-electron chi connectivity index (χ3n) is 5.25. The van der Waals surface area contributed by atoms with Crippen LogP contribution in [0.1, 0.15) is 12.8 Å². The van der Waals surface area contributed by atoms with Gasteiger partial charge in [-0.1, -0.05) is 15.9 Å². The lowest BCUT2D eigenvalue weighted by molar-refractivity contribution is -0.124. The molecule has 11 nitrogen and oxygen atoms in total. The van der Waals surface area contributed by atoms with Crippen LogP contribution in [-0.4, -0.2) is 81.5 Å². The van der Waals surface area contributed by atoms with E-state index in [0.717, 1.165) is 0 Å². The molecule has 0 aliphatic carbocycles. The van der Waals surface area contributed by atoms with Crippen LogP contribution in [0.2, 0.25) is 0 Å². The van der Waals surface area contributed by atoms with Crippen molar-refractivity contribution in [3.8, 4) is 11.5 Å². The molecular weight excluding hydrogens is 555 g/mol. The maximum atomic E-state index is 14.3. The fraction of sp³-hybridized carbons (Fsp3) is 0.375. The van der Waals surface area contributed by atoms with Gasteiger partial charge >= 0.3 is 0 Å². The van der Waals surface area contributed by atoms with Gasteiger partial charge in [0.2, 0.25) is 5.91 Å². The fourth-order valence-electron chi connectivity index (χ4n) is 3.39. The summed E-state index contributed by atoms with van der Waals surface area (Å²) in [6.45, 7) is -0.844. The Bertz CT molecular complexity index is 1220. The summed E-state index contributed by atoms with van der Waals surface area (Å²) < 4.78 is 26.0. The van der Waals surface area contributed by atoms with E-state index in [-0.39, 0.29) is 37.4 Å². The van der Waals surface area contributed by atoms with E-state index in [1.165, 1.54) is 19.5 Å². The standard InChI is InChI=1S/C24H28BrFN4O7/c1-36-21-7-17-20(28-12-29-24(17)30-19-3-2-13(25)4-18(19)26)8-22(21)37-11-15(33)5-14(32)6-23(35)27-9-16(34)10-31/h2-4,7-8,12,14-16,31-34H,5-6,9-11H2,1H3,(H,27,35)(H,28,29,30). The van der Waals surface area contributed by atoms with Crippen molar-refractivity contribution in [2.75, 3.05) is 32.2 Å². The van der Waals surface area contributed by atoms with Crippen molar-refractivity contribution < 1.29 is 39.1 Å². The Hall–Kier alpha value is -3.10. The van der Waals surface area contributed by atoms with Crippen LogP contribution in [-0.2, 0) is 4.79 Å². The lowest BCUT2D eigenvalue weighted by Gasteiger charge is -2.18. The smallest absolute Gasteiger partial charge is 0.222 e. The summed E-state index contributed by atoms with van der Waals surface area (Å²) in [5.41, 5.74) is 0.699. The summed E-state index contributed by atoms with van der Waals surface area (Å²) in [5, 5.41) is 44.2. The Morgan fingerprint density at radius 2 is 1.89 bits per heavy atom. The minimum absolute atomic E-state index is 0.138. The zero-order chi connectivity index (χ0) is 26.9. The van der Waals surface area contributed by atoms with Gasteiger partial charge in [-0.25, -0.2) is 14.4 Å². The normalized spacial score (nSPS) is 13.6. The summed E-state index contributed by atoms with van der Waals surface area (Å²) in [7, 11) is 1.44. The number of benzene rings is 2. The summed E-state index contributed by atoms with van der Waals surface area (Å²) in [5.74, 6) is -0.0557. The molecule has 2 aromatic carbocycles. The van der Waals surface area contributed by atoms with Crippen LogP contribution in [0.4, 0.5) is 15.9 Å². The number of carbonyl (C=O) groups is 1. The van der Waals surface area contributed by atoms with Crippen molar-refractivity contribution >= 4 is 44.2 Å². The summed E-state index contributed by atoms with van der Waals surface area (Å²) >= 11 is 3.22. The van der Waals surface area contributed by atoms with Crippen molar-refractivity contribution in [2.24, 2.45) is 0 Å². The number of aromatic nitrogens is 2. The SMILES string of the molecule is COc1cc2c(Nc3ccc(Br)cc3F)ncnc2cc1OCC(O)CC(O)CC(=O)NCC(O)CO. The van der Waals surface area contributed by atoms with E-state index in [4.69, 9.17) is 14.6 Å². The highest BCUT2D eigenvalue weighted by Gasteiger charge is 2.19. The number of carbonyl (C=O) groups excluding carboxylic acids is 1. The molecule has 0 bridgehead atoms. The van der Waals surface area contributed by atoms with Crippen molar-refractivity contribution in [2.45, 2.75) is 31.2 Å². The first kappa shape index (κ1) is 28.5. The first-order chi connectivity index (χ1) is 17.7. The van der Waals surface area contributed by atoms with Gasteiger partial charge in [0.05, 0.1) is 49.7 Å². The largest absolute Gasteiger partial charge is 0.493 e. The van der Waals surface area contributed by atoms with Crippen LogP contribution in [0.3, 0.4) is 0 Å². The van der Waals surface area contributed by atoms with Gasteiger partial charge in [0.25, 0.3) is 0 Å². The van der Waals surface area contributed by atoms with Crippen LogP contribution in [0.5, 0.6) is 11.5 Å². The molecule has 0 saturated carbocycles. The number of methoxy groups -OCH3 is 1. The van der Waals surface area contributed by atoms with Crippen LogP contribution >= 0.6 is 15.9 Å². The Kier molecular flexibility index (Phi) is 10.3. The number of aliphatic hydroxyl groups excluding tert-OH is 4. The minimum atomic E-state index is -1.15. The molecule has 37 heavy (non-hydrogen) atoms. The molecule has 1 heterocycles. The molecule has 1 amide bonds. The molecule has 0 aliphatic rings. The van der Waals surface area contributed by atoms with Gasteiger partial charge in [-0.2, -0.15) is 0 Å². The Balaban J connectivity index is 1.64. The number of rotatable bonds is 13. The van der Waals surface area contributed by atoms with E-state index in [1.807, 2.05) is 0 Å². The average Bonchev–Trinajstić information content (AvgIpc) is 2.87. The molecule has 0 saturated heterocycles. The molecule has 6 N–H and O–H groups in total. The predicted octanol–water partition coefficient (Wildman–Crippen LogP) is 1.63. The molecule has 3 rings (SSSR count). The van der Waals surface area contributed by atoms with Gasteiger partial charge in [-0.05, 0) is 24.3 Å². The maximum absolute atomic E-state index is 14.3. The molecule has 0 spiro atoms. The van der Waals surface area contributed by atoms with Crippen LogP contribution in [0.25, 0.3) is 10.9 Å². The third kappa shape index (κ3) is 8.20. The molecule has 0 fully saturated rings. The second-order valence-electron chi connectivity index (χ2n) is 8.19. The van der Waals surface area contributed by atoms with Crippen molar-refractivity contribution in [1.29, 1.82) is 0 Å². The molecule has 3 unspecified atom stereocenters. The van der Waals surface area contributed by atoms with Crippen molar-refractivity contribution in [3.63, 3.8) is 0 Å². The van der Waals surface area contributed by atoms with E-state index < -0.39 is 36.6 Å². The van der Waals surface area contributed by atoms with Gasteiger partial charge in [-0.3, -0.25) is 4.79 Å². The molecule has 3 atom stereocenters. The lowest BCUT2D eigenvalue weighted by Crippen LogP contribution is -2.36. The number of fused-ring (bicyclic) bond motifs is 1. The van der Waals surface area contributed by atoms with Crippen molar-refractivity contribution in [3.05, 3.63) is 46.9 Å². The van der Waals surface area contributed by atoms with Gasteiger partial charge in [0.15, 0.2) is 11.5 Å². The number of hydrogen-bond acceptors (Lipinski definition) is 10. The molecule has 3 aromatic rings. The molecule has 0 radical (unpaired) electrons. The van der Waals surface area contributed by atoms with E-state index in [1.54, 1.807) is 24.3 Å². The van der Waals surface area contributed by atoms with Crippen LogP contribution < -0.4 is 20.1 Å². The third-order valence-corrected chi connectivity index (χ3v) is 5.74. The number of anilines is 2. The number of nitrogens with one attached hydrogen (secondary N) is 2. The summed E-state index contributed by atoms with van der Waals surface area (Å²) in [4.78, 5) is 20.2.